The molecule has 8 heteroatoms. The van der Waals surface area contributed by atoms with Crippen molar-refractivity contribution in [2.45, 2.75) is 11.6 Å². The van der Waals surface area contributed by atoms with E-state index in [1.54, 1.807) is 23.0 Å². The minimum absolute atomic E-state index is 0.0307. The zero-order valence-corrected chi connectivity index (χ0v) is 11.8. The van der Waals surface area contributed by atoms with Crippen LogP contribution in [-0.4, -0.2) is 28.4 Å². The Bertz CT molecular complexity index is 793. The number of nitrogens with zero attached hydrogens (tertiary/aromatic N) is 3. The van der Waals surface area contributed by atoms with Gasteiger partial charge in [0.05, 0.1) is 12.7 Å². The quantitative estimate of drug-likeness (QED) is 0.746. The lowest BCUT2D eigenvalue weighted by Crippen LogP contribution is -2.13. The van der Waals surface area contributed by atoms with Gasteiger partial charge in [0, 0.05) is 18.1 Å². The number of nitrogens with one attached hydrogen (secondary N) is 2. The lowest BCUT2D eigenvalue weighted by atomic mass is 10.2. The second kappa shape index (κ2) is 5.41. The molecule has 0 aliphatic heterocycles. The zero-order chi connectivity index (χ0) is 14.7. The van der Waals surface area contributed by atoms with Crippen LogP contribution in [0.4, 0.5) is 5.69 Å². The SMILES string of the molecule is O=S(=O)(Nc1ccc(Cn2cccn2)cc1)c1ccn[nH]1. The molecule has 0 spiro atoms. The van der Waals surface area contributed by atoms with E-state index in [1.807, 2.05) is 24.4 Å². The molecule has 7 nitrogen and oxygen atoms in total. The first-order valence-corrected chi connectivity index (χ1v) is 7.70. The van der Waals surface area contributed by atoms with Crippen LogP contribution in [0.3, 0.4) is 0 Å². The van der Waals surface area contributed by atoms with Crippen LogP contribution in [0.25, 0.3) is 0 Å². The number of hydrogen-bond acceptors (Lipinski definition) is 4. The maximum absolute atomic E-state index is 12.0. The highest BCUT2D eigenvalue weighted by Crippen LogP contribution is 2.15. The number of sulfonamides is 1. The molecule has 21 heavy (non-hydrogen) atoms. The molecular formula is C13H13N5O2S. The molecule has 2 aromatic heterocycles. The summed E-state index contributed by atoms with van der Waals surface area (Å²) in [5.41, 5.74) is 1.53. The average molecular weight is 303 g/mol. The van der Waals surface area contributed by atoms with Crippen molar-refractivity contribution < 1.29 is 8.42 Å². The minimum Gasteiger partial charge on any atom is -0.278 e. The van der Waals surface area contributed by atoms with E-state index in [0.717, 1.165) is 5.56 Å². The van der Waals surface area contributed by atoms with Gasteiger partial charge in [-0.1, -0.05) is 12.1 Å². The van der Waals surface area contributed by atoms with Crippen molar-refractivity contribution in [3.05, 3.63) is 60.6 Å². The second-order valence-corrected chi connectivity index (χ2v) is 6.08. The fourth-order valence-corrected chi connectivity index (χ4v) is 2.83. The van der Waals surface area contributed by atoms with Crippen LogP contribution in [-0.2, 0) is 16.6 Å². The standard InChI is InChI=1S/C13H13N5O2S/c19-21(20,13-6-8-14-16-13)17-12-4-2-11(3-5-12)10-18-9-1-7-15-18/h1-9,17H,10H2,(H,14,16). The smallest absolute Gasteiger partial charge is 0.278 e. The van der Waals surface area contributed by atoms with Crippen molar-refractivity contribution in [2.24, 2.45) is 0 Å². The van der Waals surface area contributed by atoms with Crippen LogP contribution in [0.2, 0.25) is 0 Å². The summed E-state index contributed by atoms with van der Waals surface area (Å²) in [6, 6.07) is 10.4. The molecule has 2 N–H and O–H groups in total. The lowest BCUT2D eigenvalue weighted by molar-refractivity contribution is 0.597. The first-order chi connectivity index (χ1) is 10.1. The van der Waals surface area contributed by atoms with E-state index in [0.29, 0.717) is 12.2 Å². The van der Waals surface area contributed by atoms with Gasteiger partial charge in [0.15, 0.2) is 5.03 Å². The van der Waals surface area contributed by atoms with Crippen LogP contribution in [0.1, 0.15) is 5.56 Å². The maximum atomic E-state index is 12.0. The Kier molecular flexibility index (Phi) is 3.44. The number of H-pyrrole nitrogens is 1. The van der Waals surface area contributed by atoms with E-state index in [4.69, 9.17) is 0 Å². The van der Waals surface area contributed by atoms with E-state index in [-0.39, 0.29) is 5.03 Å². The van der Waals surface area contributed by atoms with Crippen LogP contribution in [0, 0.1) is 0 Å². The molecule has 0 atom stereocenters. The number of rotatable bonds is 5. The first kappa shape index (κ1) is 13.4. The summed E-state index contributed by atoms with van der Waals surface area (Å²) in [5.74, 6) is 0. The highest BCUT2D eigenvalue weighted by Gasteiger charge is 2.15. The summed E-state index contributed by atoms with van der Waals surface area (Å²) < 4.78 is 28.3. The monoisotopic (exact) mass is 303 g/mol. The predicted molar refractivity (Wildman–Crippen MR) is 77.2 cm³/mol. The Balaban J connectivity index is 1.73. The lowest BCUT2D eigenvalue weighted by Gasteiger charge is -2.07. The Labute approximate surface area is 121 Å². The van der Waals surface area contributed by atoms with Gasteiger partial charge in [-0.2, -0.15) is 18.6 Å². The van der Waals surface area contributed by atoms with Crippen LogP contribution >= 0.6 is 0 Å². The summed E-state index contributed by atoms with van der Waals surface area (Å²) >= 11 is 0. The van der Waals surface area contributed by atoms with E-state index < -0.39 is 10.0 Å². The molecule has 108 valence electrons. The molecule has 0 amide bonds. The molecule has 0 aliphatic carbocycles. The Morgan fingerprint density at radius 1 is 1.14 bits per heavy atom. The summed E-state index contributed by atoms with van der Waals surface area (Å²) in [6.07, 6.45) is 4.98. The number of aromatic amines is 1. The van der Waals surface area contributed by atoms with Crippen LogP contribution in [0.15, 0.2) is 60.0 Å². The highest BCUT2D eigenvalue weighted by molar-refractivity contribution is 7.92. The van der Waals surface area contributed by atoms with Gasteiger partial charge in [0.25, 0.3) is 10.0 Å². The third kappa shape index (κ3) is 3.11. The molecule has 0 radical (unpaired) electrons. The molecule has 0 fully saturated rings. The van der Waals surface area contributed by atoms with Gasteiger partial charge in [0.2, 0.25) is 0 Å². The van der Waals surface area contributed by atoms with Gasteiger partial charge >= 0.3 is 0 Å². The molecule has 3 rings (SSSR count). The third-order valence-corrected chi connectivity index (χ3v) is 4.19. The van der Waals surface area contributed by atoms with Gasteiger partial charge in [0.1, 0.15) is 0 Å². The summed E-state index contributed by atoms with van der Waals surface area (Å²) in [4.78, 5) is 0. The van der Waals surface area contributed by atoms with Crippen LogP contribution in [0.5, 0.6) is 0 Å². The summed E-state index contributed by atoms with van der Waals surface area (Å²) in [5, 5.41) is 10.2. The van der Waals surface area contributed by atoms with E-state index in [9.17, 15) is 8.42 Å². The molecule has 0 saturated carbocycles. The third-order valence-electron chi connectivity index (χ3n) is 2.87. The van der Waals surface area contributed by atoms with Crippen molar-refractivity contribution >= 4 is 15.7 Å². The van der Waals surface area contributed by atoms with Crippen molar-refractivity contribution in [1.29, 1.82) is 0 Å². The Morgan fingerprint density at radius 2 is 1.95 bits per heavy atom. The van der Waals surface area contributed by atoms with Crippen molar-refractivity contribution in [1.82, 2.24) is 20.0 Å². The molecule has 3 aromatic rings. The normalized spacial score (nSPS) is 11.4. The predicted octanol–water partition coefficient (Wildman–Crippen LogP) is 1.46. The average Bonchev–Trinajstić information content (AvgIpc) is 3.13. The molecule has 0 aliphatic rings. The summed E-state index contributed by atoms with van der Waals surface area (Å²) in [7, 11) is -3.62. The van der Waals surface area contributed by atoms with Crippen molar-refractivity contribution in [2.75, 3.05) is 4.72 Å². The van der Waals surface area contributed by atoms with Gasteiger partial charge < -0.3 is 0 Å². The number of anilines is 1. The van der Waals surface area contributed by atoms with Gasteiger partial charge in [-0.05, 0) is 29.8 Å². The molecule has 0 saturated heterocycles. The molecule has 2 heterocycles. The number of benzene rings is 1. The summed E-state index contributed by atoms with van der Waals surface area (Å²) in [6.45, 7) is 0.639. The Morgan fingerprint density at radius 3 is 2.57 bits per heavy atom. The highest BCUT2D eigenvalue weighted by atomic mass is 32.2. The van der Waals surface area contributed by atoms with Crippen LogP contribution < -0.4 is 4.72 Å². The van der Waals surface area contributed by atoms with E-state index in [1.165, 1.54) is 12.3 Å². The van der Waals surface area contributed by atoms with E-state index >= 15 is 0 Å². The van der Waals surface area contributed by atoms with Gasteiger partial charge in [-0.25, -0.2) is 0 Å². The van der Waals surface area contributed by atoms with Gasteiger partial charge in [-0.15, -0.1) is 0 Å². The second-order valence-electron chi connectivity index (χ2n) is 4.43. The zero-order valence-electron chi connectivity index (χ0n) is 11.0. The maximum Gasteiger partial charge on any atom is 0.278 e. The van der Waals surface area contributed by atoms with Gasteiger partial charge in [-0.3, -0.25) is 14.5 Å². The molecular weight excluding hydrogens is 290 g/mol. The largest absolute Gasteiger partial charge is 0.278 e. The minimum atomic E-state index is -3.62. The number of hydrogen-bond donors (Lipinski definition) is 2. The topological polar surface area (TPSA) is 92.7 Å². The molecule has 1 aromatic carbocycles. The number of aromatic nitrogens is 4. The van der Waals surface area contributed by atoms with Crippen molar-refractivity contribution in [3.8, 4) is 0 Å². The molecule has 0 bridgehead atoms. The molecule has 0 unspecified atom stereocenters. The Hall–Kier alpha value is -2.61. The fourth-order valence-electron chi connectivity index (χ4n) is 1.86. The van der Waals surface area contributed by atoms with Crippen molar-refractivity contribution in [3.63, 3.8) is 0 Å². The van der Waals surface area contributed by atoms with E-state index in [2.05, 4.69) is 20.0 Å². The first-order valence-electron chi connectivity index (χ1n) is 6.22. The fraction of sp³-hybridized carbons (Fsp3) is 0.0769.